The highest BCUT2D eigenvalue weighted by molar-refractivity contribution is 5.79. The van der Waals surface area contributed by atoms with Crippen molar-refractivity contribution in [3.05, 3.63) is 23.8 Å². The van der Waals surface area contributed by atoms with Crippen molar-refractivity contribution >= 4 is 18.3 Å². The van der Waals surface area contributed by atoms with Crippen LogP contribution in [0.15, 0.2) is 18.2 Å². The van der Waals surface area contributed by atoms with Crippen molar-refractivity contribution in [1.82, 2.24) is 14.7 Å². The first-order valence-electron chi connectivity index (χ1n) is 14.4. The zero-order chi connectivity index (χ0) is 28.6. The van der Waals surface area contributed by atoms with E-state index >= 15 is 0 Å². The number of hydrogen-bond donors (Lipinski definition) is 1. The van der Waals surface area contributed by atoms with Gasteiger partial charge in [0.25, 0.3) is 0 Å². The van der Waals surface area contributed by atoms with Crippen LogP contribution in [0.3, 0.4) is 0 Å². The molecule has 3 aliphatic rings. The molecule has 2 fully saturated rings. The molecule has 3 atom stereocenters. The molecule has 3 heterocycles. The lowest BCUT2D eigenvalue weighted by atomic mass is 9.84. The summed E-state index contributed by atoms with van der Waals surface area (Å²) >= 11 is 0. The van der Waals surface area contributed by atoms with Crippen molar-refractivity contribution in [3.8, 4) is 11.5 Å². The van der Waals surface area contributed by atoms with Gasteiger partial charge in [0.05, 0.1) is 5.92 Å². The van der Waals surface area contributed by atoms with Gasteiger partial charge in [-0.05, 0) is 49.4 Å². The molecule has 0 spiro atoms. The second-order valence-corrected chi connectivity index (χ2v) is 11.9. The highest BCUT2D eigenvalue weighted by Crippen LogP contribution is 2.42. The summed E-state index contributed by atoms with van der Waals surface area (Å²) in [6.07, 6.45) is 6.77. The number of unbranched alkanes of at least 4 members (excludes halogenated alkanes) is 2. The van der Waals surface area contributed by atoms with Gasteiger partial charge in [-0.25, -0.2) is 0 Å². The van der Waals surface area contributed by atoms with Crippen molar-refractivity contribution in [2.24, 2.45) is 11.3 Å². The van der Waals surface area contributed by atoms with Gasteiger partial charge in [0.1, 0.15) is 0 Å². The molecule has 0 radical (unpaired) electrons. The first-order chi connectivity index (χ1) is 18.6. The summed E-state index contributed by atoms with van der Waals surface area (Å²) in [6, 6.07) is 5.60. The van der Waals surface area contributed by atoms with Crippen LogP contribution in [0.2, 0.25) is 0 Å². The molecule has 1 aromatic rings. The minimum absolute atomic E-state index is 0.000116. The number of benzene rings is 1. The summed E-state index contributed by atoms with van der Waals surface area (Å²) in [4.78, 5) is 40.8. The van der Waals surface area contributed by atoms with Gasteiger partial charge in [-0.3, -0.25) is 14.4 Å². The lowest BCUT2D eigenvalue weighted by Gasteiger charge is -2.27. The summed E-state index contributed by atoms with van der Waals surface area (Å²) in [5.74, 6) is 0.130. The Morgan fingerprint density at radius 3 is 2.38 bits per heavy atom. The molecule has 0 bridgehead atoms. The van der Waals surface area contributed by atoms with Gasteiger partial charge in [-0.2, -0.15) is 0 Å². The summed E-state index contributed by atoms with van der Waals surface area (Å²) in [7, 11) is 1.98. The highest BCUT2D eigenvalue weighted by Gasteiger charge is 2.46. The average Bonchev–Trinajstić information content (AvgIpc) is 3.57. The Hall–Kier alpha value is -2.81. The molecule has 0 saturated carbocycles. The lowest BCUT2D eigenvalue weighted by Crippen LogP contribution is -2.38. The van der Waals surface area contributed by atoms with E-state index in [2.05, 4.69) is 32.6 Å². The molecule has 3 aliphatic heterocycles. The number of hydrogen-bond acceptors (Lipinski definition) is 6. The van der Waals surface area contributed by atoms with Gasteiger partial charge in [-0.15, -0.1) is 0 Å². The number of likely N-dealkylation sites (N-methyl/N-ethyl adjacent to an activating group) is 1. The fourth-order valence-electron chi connectivity index (χ4n) is 5.91. The zero-order valence-electron chi connectivity index (χ0n) is 24.4. The molecular weight excluding hydrogens is 498 g/mol. The Balaban J connectivity index is 0.000000325. The summed E-state index contributed by atoms with van der Waals surface area (Å²) < 4.78 is 10.8. The van der Waals surface area contributed by atoms with Crippen molar-refractivity contribution in [2.45, 2.75) is 78.2 Å². The molecule has 0 aliphatic carbocycles. The van der Waals surface area contributed by atoms with Gasteiger partial charge in [0.15, 0.2) is 11.5 Å². The van der Waals surface area contributed by atoms with Crippen LogP contribution in [0.25, 0.3) is 0 Å². The molecule has 9 nitrogen and oxygen atoms in total. The molecule has 2 saturated heterocycles. The fraction of sp³-hybridized carbons (Fsp3) is 0.700. The van der Waals surface area contributed by atoms with Crippen molar-refractivity contribution < 1.29 is 29.0 Å². The van der Waals surface area contributed by atoms with Crippen LogP contribution in [0, 0.1) is 11.3 Å². The Labute approximate surface area is 233 Å². The molecule has 3 unspecified atom stereocenters. The van der Waals surface area contributed by atoms with Gasteiger partial charge < -0.3 is 29.3 Å². The number of fused-ring (bicyclic) bond motifs is 1. The van der Waals surface area contributed by atoms with Gasteiger partial charge >= 0.3 is 5.97 Å². The van der Waals surface area contributed by atoms with Gasteiger partial charge in [-0.1, -0.05) is 46.6 Å². The van der Waals surface area contributed by atoms with Crippen LogP contribution in [-0.4, -0.2) is 90.7 Å². The van der Waals surface area contributed by atoms with E-state index in [1.54, 1.807) is 0 Å². The number of amides is 2. The Bertz CT molecular complexity index is 975. The number of carbonyl (C=O) groups is 3. The number of rotatable bonds is 12. The SMILES string of the molecule is CCCCN(C=O)CCCC.CN1CC(c2ccc3c(c2)OCO3)C(C(=O)O)C1CCN1CC(C)(C)CC1=O. The van der Waals surface area contributed by atoms with E-state index in [4.69, 9.17) is 9.47 Å². The predicted molar refractivity (Wildman–Crippen MR) is 150 cm³/mol. The minimum Gasteiger partial charge on any atom is -0.481 e. The van der Waals surface area contributed by atoms with Crippen molar-refractivity contribution in [2.75, 3.05) is 46.6 Å². The molecule has 9 heteroatoms. The topological polar surface area (TPSA) is 99.6 Å². The molecule has 1 aromatic carbocycles. The molecule has 4 rings (SSSR count). The molecular formula is C30H47N3O6. The summed E-state index contributed by atoms with van der Waals surface area (Å²) in [5, 5.41) is 9.99. The maximum atomic E-state index is 12.3. The number of ether oxygens (including phenoxy) is 2. The lowest BCUT2D eigenvalue weighted by molar-refractivity contribution is -0.143. The largest absolute Gasteiger partial charge is 0.481 e. The first kappa shape index (κ1) is 30.7. The average molecular weight is 546 g/mol. The van der Waals surface area contributed by atoms with E-state index in [9.17, 15) is 19.5 Å². The number of likely N-dealkylation sites (tertiary alicyclic amines) is 2. The van der Waals surface area contributed by atoms with Crippen molar-refractivity contribution in [3.63, 3.8) is 0 Å². The fourth-order valence-corrected chi connectivity index (χ4v) is 5.91. The van der Waals surface area contributed by atoms with E-state index in [1.165, 1.54) is 0 Å². The van der Waals surface area contributed by atoms with E-state index in [1.807, 2.05) is 35.0 Å². The Morgan fingerprint density at radius 2 is 1.82 bits per heavy atom. The van der Waals surface area contributed by atoms with Crippen molar-refractivity contribution in [1.29, 1.82) is 0 Å². The normalized spacial score (nSPS) is 23.5. The Kier molecular flexibility index (Phi) is 11.0. The third-order valence-corrected chi connectivity index (χ3v) is 8.05. The van der Waals surface area contributed by atoms with Crippen LogP contribution in [0.4, 0.5) is 0 Å². The quantitative estimate of drug-likeness (QED) is 0.393. The number of carboxylic acid groups (broad SMARTS) is 1. The van der Waals surface area contributed by atoms with E-state index < -0.39 is 11.9 Å². The number of carbonyl (C=O) groups excluding carboxylic acids is 2. The monoisotopic (exact) mass is 545 g/mol. The van der Waals surface area contributed by atoms with E-state index in [0.29, 0.717) is 37.4 Å². The number of nitrogens with zero attached hydrogens (tertiary/aromatic N) is 3. The first-order valence-corrected chi connectivity index (χ1v) is 14.4. The maximum Gasteiger partial charge on any atom is 0.308 e. The molecule has 2 amide bonds. The second-order valence-electron chi connectivity index (χ2n) is 11.9. The third kappa shape index (κ3) is 8.10. The predicted octanol–water partition coefficient (Wildman–Crippen LogP) is 4.21. The van der Waals surface area contributed by atoms with Crippen LogP contribution >= 0.6 is 0 Å². The van der Waals surface area contributed by atoms with Gasteiger partial charge in [0, 0.05) is 51.1 Å². The summed E-state index contributed by atoms with van der Waals surface area (Å²) in [5.41, 5.74) is 0.962. The standard InChI is InChI=1S/C21H28N2O5.C9H19NO/c1-21(2)9-18(24)23(11-21)7-6-15-19(20(25)26)14(10-22(15)3)13-4-5-16-17(8-13)28-12-27-16;1-3-5-7-10(9-11)8-6-4-2/h4-5,8,14-15,19H,6-7,9-12H2,1-3H3,(H,25,26);9H,3-8H2,1-2H3. The number of carboxylic acids is 1. The van der Waals surface area contributed by atoms with Crippen LogP contribution < -0.4 is 9.47 Å². The Morgan fingerprint density at radius 1 is 1.15 bits per heavy atom. The van der Waals surface area contributed by atoms with Crippen LogP contribution in [0.5, 0.6) is 11.5 Å². The van der Waals surface area contributed by atoms with Crippen LogP contribution in [0.1, 0.15) is 77.7 Å². The smallest absolute Gasteiger partial charge is 0.308 e. The van der Waals surface area contributed by atoms with Gasteiger partial charge in [0.2, 0.25) is 19.1 Å². The molecule has 1 N–H and O–H groups in total. The zero-order valence-corrected chi connectivity index (χ0v) is 24.4. The van der Waals surface area contributed by atoms with E-state index in [0.717, 1.165) is 57.3 Å². The van der Waals surface area contributed by atoms with Crippen LogP contribution in [-0.2, 0) is 14.4 Å². The molecule has 39 heavy (non-hydrogen) atoms. The number of aliphatic carboxylic acids is 1. The van der Waals surface area contributed by atoms with E-state index in [-0.39, 0.29) is 30.1 Å². The highest BCUT2D eigenvalue weighted by atomic mass is 16.7. The third-order valence-electron chi connectivity index (χ3n) is 8.05. The molecule has 0 aromatic heterocycles. The minimum atomic E-state index is -0.787. The molecule has 218 valence electrons. The maximum absolute atomic E-state index is 12.3. The summed E-state index contributed by atoms with van der Waals surface area (Å²) in [6.45, 7) is 12.6. The second kappa shape index (κ2) is 14.0.